The van der Waals surface area contributed by atoms with Crippen LogP contribution in [0.1, 0.15) is 5.56 Å². The molecule has 86 valence electrons. The molecule has 1 aromatic carbocycles. The molecule has 6 heteroatoms. The third-order valence-corrected chi connectivity index (χ3v) is 2.16. The Balaban J connectivity index is 2.50. The van der Waals surface area contributed by atoms with Crippen LogP contribution in [0.5, 0.6) is 0 Å². The van der Waals surface area contributed by atoms with Crippen molar-refractivity contribution in [2.75, 3.05) is 7.05 Å². The van der Waals surface area contributed by atoms with Crippen molar-refractivity contribution in [1.29, 1.82) is 0 Å². The Morgan fingerprint density at radius 1 is 1.44 bits per heavy atom. The van der Waals surface area contributed by atoms with Crippen LogP contribution in [0.3, 0.4) is 0 Å². The van der Waals surface area contributed by atoms with Gasteiger partial charge in [0.15, 0.2) is 5.96 Å². The van der Waals surface area contributed by atoms with E-state index in [1.807, 2.05) is 24.3 Å². The Bertz CT molecular complexity index is 388. The van der Waals surface area contributed by atoms with Crippen LogP contribution in [0.2, 0.25) is 0 Å². The first-order valence-electron chi connectivity index (χ1n) is 4.67. The van der Waals surface area contributed by atoms with E-state index >= 15 is 0 Å². The molecule has 0 bridgehead atoms. The molecule has 0 fully saturated rings. The Hall–Kier alpha value is -1.69. The zero-order valence-corrected chi connectivity index (χ0v) is 9.79. The molecular formula is C10H14N4OS. The Morgan fingerprint density at radius 3 is 2.56 bits per heavy atom. The van der Waals surface area contributed by atoms with E-state index < -0.39 is 6.03 Å². The molecule has 5 nitrogen and oxygen atoms in total. The number of benzene rings is 1. The lowest BCUT2D eigenvalue weighted by molar-refractivity contribution is 0.253. The van der Waals surface area contributed by atoms with E-state index in [1.165, 1.54) is 0 Å². The molecule has 0 atom stereocenters. The van der Waals surface area contributed by atoms with Gasteiger partial charge in [0.1, 0.15) is 0 Å². The molecule has 1 rings (SSSR count). The first-order chi connectivity index (χ1) is 7.61. The van der Waals surface area contributed by atoms with Gasteiger partial charge in [0.05, 0.1) is 0 Å². The number of rotatable bonds is 2. The van der Waals surface area contributed by atoms with Gasteiger partial charge in [-0.1, -0.05) is 12.1 Å². The number of guanidine groups is 1. The second-order valence-corrected chi connectivity index (χ2v) is 3.60. The third-order valence-electron chi connectivity index (χ3n) is 1.86. The largest absolute Gasteiger partial charge is 0.352 e. The van der Waals surface area contributed by atoms with Crippen LogP contribution in [0.15, 0.2) is 34.2 Å². The highest BCUT2D eigenvalue weighted by molar-refractivity contribution is 7.80. The van der Waals surface area contributed by atoms with Gasteiger partial charge in [-0.05, 0) is 17.7 Å². The molecule has 0 aliphatic carbocycles. The maximum absolute atomic E-state index is 10.6. The second-order valence-electron chi connectivity index (χ2n) is 3.08. The summed E-state index contributed by atoms with van der Waals surface area (Å²) < 4.78 is 0. The number of carbonyl (C=O) groups excluding carboxylic acids is 1. The lowest BCUT2D eigenvalue weighted by Gasteiger charge is -2.09. The SMILES string of the molecule is CN=C(NCc1ccc(S)cc1)NC(N)=O. The van der Waals surface area contributed by atoms with Gasteiger partial charge in [-0.2, -0.15) is 0 Å². The summed E-state index contributed by atoms with van der Waals surface area (Å²) in [7, 11) is 1.56. The van der Waals surface area contributed by atoms with E-state index in [0.29, 0.717) is 12.5 Å². The van der Waals surface area contributed by atoms with Gasteiger partial charge in [-0.25, -0.2) is 4.79 Å². The lowest BCUT2D eigenvalue weighted by atomic mass is 10.2. The van der Waals surface area contributed by atoms with Gasteiger partial charge >= 0.3 is 6.03 Å². The van der Waals surface area contributed by atoms with Crippen molar-refractivity contribution in [3.8, 4) is 0 Å². The summed E-state index contributed by atoms with van der Waals surface area (Å²) in [6.45, 7) is 0.557. The van der Waals surface area contributed by atoms with Gasteiger partial charge in [0.25, 0.3) is 0 Å². The highest BCUT2D eigenvalue weighted by Crippen LogP contribution is 2.07. The molecule has 0 aliphatic heterocycles. The minimum absolute atomic E-state index is 0.349. The van der Waals surface area contributed by atoms with Crippen molar-refractivity contribution in [1.82, 2.24) is 10.6 Å². The van der Waals surface area contributed by atoms with E-state index in [0.717, 1.165) is 10.5 Å². The quantitative estimate of drug-likeness (QED) is 0.348. The van der Waals surface area contributed by atoms with Gasteiger partial charge in [0, 0.05) is 18.5 Å². The number of amides is 2. The van der Waals surface area contributed by atoms with Crippen molar-refractivity contribution in [2.24, 2.45) is 10.7 Å². The molecule has 0 heterocycles. The van der Waals surface area contributed by atoms with E-state index in [9.17, 15) is 4.79 Å². The highest BCUT2D eigenvalue weighted by Gasteiger charge is 2.00. The van der Waals surface area contributed by atoms with Crippen LogP contribution in [0.25, 0.3) is 0 Å². The van der Waals surface area contributed by atoms with Crippen molar-refractivity contribution in [3.63, 3.8) is 0 Å². The molecule has 2 amide bonds. The lowest BCUT2D eigenvalue weighted by Crippen LogP contribution is -2.43. The average molecular weight is 238 g/mol. The highest BCUT2D eigenvalue weighted by atomic mass is 32.1. The number of nitrogens with one attached hydrogen (secondary N) is 2. The van der Waals surface area contributed by atoms with Crippen molar-refractivity contribution < 1.29 is 4.79 Å². The van der Waals surface area contributed by atoms with Gasteiger partial charge in [0.2, 0.25) is 0 Å². The summed E-state index contributed by atoms with van der Waals surface area (Å²) >= 11 is 4.19. The molecule has 0 aliphatic rings. The van der Waals surface area contributed by atoms with Crippen LogP contribution < -0.4 is 16.4 Å². The molecule has 1 aromatic rings. The summed E-state index contributed by atoms with van der Waals surface area (Å²) in [4.78, 5) is 15.4. The van der Waals surface area contributed by atoms with Gasteiger partial charge in [-0.3, -0.25) is 10.3 Å². The number of hydrogen-bond donors (Lipinski definition) is 4. The molecule has 0 saturated heterocycles. The summed E-state index contributed by atoms with van der Waals surface area (Å²) in [6.07, 6.45) is 0. The molecule has 0 spiro atoms. The van der Waals surface area contributed by atoms with Crippen molar-refractivity contribution in [3.05, 3.63) is 29.8 Å². The maximum Gasteiger partial charge on any atom is 0.318 e. The molecule has 0 aromatic heterocycles. The fraction of sp³-hybridized carbons (Fsp3) is 0.200. The third kappa shape index (κ3) is 4.22. The van der Waals surface area contributed by atoms with E-state index in [-0.39, 0.29) is 0 Å². The van der Waals surface area contributed by atoms with Crippen molar-refractivity contribution >= 4 is 24.6 Å². The Kier molecular flexibility index (Phi) is 4.65. The number of urea groups is 1. The maximum atomic E-state index is 10.6. The number of aliphatic imine (C=N–C) groups is 1. The Morgan fingerprint density at radius 2 is 2.06 bits per heavy atom. The normalized spacial score (nSPS) is 11.0. The number of nitrogens with zero attached hydrogens (tertiary/aromatic N) is 1. The average Bonchev–Trinajstić information content (AvgIpc) is 2.26. The first kappa shape index (κ1) is 12.4. The smallest absolute Gasteiger partial charge is 0.318 e. The predicted molar refractivity (Wildman–Crippen MR) is 66.6 cm³/mol. The number of thiol groups is 1. The second kappa shape index (κ2) is 6.02. The molecule has 0 unspecified atom stereocenters. The van der Waals surface area contributed by atoms with Crippen LogP contribution in [-0.4, -0.2) is 19.0 Å². The number of hydrogen-bond acceptors (Lipinski definition) is 3. The zero-order chi connectivity index (χ0) is 12.0. The number of nitrogens with two attached hydrogens (primary N) is 1. The Labute approximate surface area is 99.5 Å². The molecule has 16 heavy (non-hydrogen) atoms. The van der Waals surface area contributed by atoms with E-state index in [4.69, 9.17) is 5.73 Å². The minimum Gasteiger partial charge on any atom is -0.352 e. The standard InChI is InChI=1S/C10H14N4OS/c1-12-10(14-9(11)15)13-6-7-2-4-8(16)5-3-7/h2-5,16H,6H2,1H3,(H4,11,12,13,14,15). The van der Waals surface area contributed by atoms with Gasteiger partial charge < -0.3 is 11.1 Å². The van der Waals surface area contributed by atoms with Crippen molar-refractivity contribution in [2.45, 2.75) is 11.4 Å². The molecular weight excluding hydrogens is 224 g/mol. The predicted octanol–water partition coefficient (Wildman–Crippen LogP) is 0.719. The van der Waals surface area contributed by atoms with Crippen LogP contribution in [-0.2, 0) is 6.54 Å². The summed E-state index contributed by atoms with van der Waals surface area (Å²) in [5.41, 5.74) is 6.04. The monoisotopic (exact) mass is 238 g/mol. The number of primary amides is 1. The molecule has 4 N–H and O–H groups in total. The molecule has 0 radical (unpaired) electrons. The summed E-state index contributed by atoms with van der Waals surface area (Å²) in [5.74, 6) is 0.349. The van der Waals surface area contributed by atoms with Crippen LogP contribution >= 0.6 is 12.6 Å². The van der Waals surface area contributed by atoms with Crippen LogP contribution in [0, 0.1) is 0 Å². The fourth-order valence-electron chi connectivity index (χ4n) is 1.10. The zero-order valence-electron chi connectivity index (χ0n) is 8.90. The summed E-state index contributed by atoms with van der Waals surface area (Å²) in [6, 6.07) is 7.02. The van der Waals surface area contributed by atoms with E-state index in [2.05, 4.69) is 28.3 Å². The fourth-order valence-corrected chi connectivity index (χ4v) is 1.24. The number of carbonyl (C=O) groups is 1. The van der Waals surface area contributed by atoms with Gasteiger partial charge in [-0.15, -0.1) is 12.6 Å². The van der Waals surface area contributed by atoms with Crippen LogP contribution in [0.4, 0.5) is 4.79 Å². The molecule has 0 saturated carbocycles. The first-order valence-corrected chi connectivity index (χ1v) is 5.11. The summed E-state index contributed by atoms with van der Waals surface area (Å²) in [5, 5.41) is 5.32. The minimum atomic E-state index is -0.640. The van der Waals surface area contributed by atoms with E-state index in [1.54, 1.807) is 7.05 Å². The topological polar surface area (TPSA) is 79.5 Å².